The number of carbonyl (C=O) groups excluding carboxylic acids is 1. The number of benzene rings is 2. The number of methoxy groups -OCH3 is 1. The summed E-state index contributed by atoms with van der Waals surface area (Å²) in [6.07, 6.45) is 1.58. The van der Waals surface area contributed by atoms with Gasteiger partial charge in [-0.1, -0.05) is 18.2 Å². The zero-order valence-corrected chi connectivity index (χ0v) is 19.4. The Morgan fingerprint density at radius 1 is 1.00 bits per heavy atom. The molecule has 2 aromatic carbocycles. The Labute approximate surface area is 202 Å². The van der Waals surface area contributed by atoms with Crippen molar-refractivity contribution in [3.8, 4) is 5.75 Å². The molecular weight excluding hydrogens is 447 g/mol. The average Bonchev–Trinajstić information content (AvgIpc) is 2.91. The van der Waals surface area contributed by atoms with Crippen LogP contribution in [0, 0.1) is 5.82 Å². The van der Waals surface area contributed by atoms with E-state index in [1.807, 2.05) is 24.3 Å². The van der Waals surface area contributed by atoms with Crippen LogP contribution in [0.1, 0.15) is 15.9 Å². The molecule has 0 unspecified atom stereocenters. The predicted octanol–water partition coefficient (Wildman–Crippen LogP) is 3.55. The summed E-state index contributed by atoms with van der Waals surface area (Å²) in [7, 11) is 1.63. The van der Waals surface area contributed by atoms with Gasteiger partial charge in [0.15, 0.2) is 0 Å². The topological polar surface area (TPSA) is 67.7 Å². The lowest BCUT2D eigenvalue weighted by Crippen LogP contribution is -2.50. The molecule has 5 rings (SSSR count). The molecule has 7 nitrogen and oxygen atoms in total. The summed E-state index contributed by atoms with van der Waals surface area (Å²) >= 11 is 0. The van der Waals surface area contributed by atoms with Crippen LogP contribution >= 0.6 is 0 Å². The summed E-state index contributed by atoms with van der Waals surface area (Å²) in [5.41, 5.74) is 1.43. The van der Waals surface area contributed by atoms with Gasteiger partial charge in [0.05, 0.1) is 13.7 Å². The first-order valence-corrected chi connectivity index (χ1v) is 11.5. The minimum Gasteiger partial charge on any atom is -0.497 e. The number of pyridine rings is 2. The van der Waals surface area contributed by atoms with Crippen LogP contribution in [0.5, 0.6) is 5.75 Å². The largest absolute Gasteiger partial charge is 0.497 e. The van der Waals surface area contributed by atoms with Crippen LogP contribution in [0.4, 0.5) is 10.1 Å². The minimum atomic E-state index is -0.470. The highest BCUT2D eigenvalue weighted by Crippen LogP contribution is 2.21. The smallest absolute Gasteiger partial charge is 0.265 e. The van der Waals surface area contributed by atoms with Gasteiger partial charge in [0.1, 0.15) is 22.8 Å². The highest BCUT2D eigenvalue weighted by Gasteiger charge is 2.26. The zero-order valence-electron chi connectivity index (χ0n) is 19.4. The molecule has 1 amide bonds. The zero-order chi connectivity index (χ0) is 24.4. The Balaban J connectivity index is 1.41. The quantitative estimate of drug-likeness (QED) is 0.444. The second kappa shape index (κ2) is 9.58. The lowest BCUT2D eigenvalue weighted by molar-refractivity contribution is 0.0744. The number of piperazine rings is 1. The van der Waals surface area contributed by atoms with E-state index in [9.17, 15) is 14.0 Å². The van der Waals surface area contributed by atoms with E-state index in [0.29, 0.717) is 42.8 Å². The number of hydrogen-bond donors (Lipinski definition) is 0. The normalized spacial score (nSPS) is 13.8. The first-order valence-electron chi connectivity index (χ1n) is 11.5. The van der Waals surface area contributed by atoms with Gasteiger partial charge in [0, 0.05) is 49.0 Å². The number of aromatic nitrogens is 2. The number of carbonyl (C=O) groups is 1. The van der Waals surface area contributed by atoms with E-state index < -0.39 is 11.4 Å². The van der Waals surface area contributed by atoms with Crippen LogP contribution in [-0.2, 0) is 6.54 Å². The Morgan fingerprint density at radius 2 is 1.74 bits per heavy atom. The molecule has 1 aliphatic heterocycles. The second-order valence-electron chi connectivity index (χ2n) is 8.43. The standard InChI is InChI=1S/C27H25FN4O3/c1-35-22-10-8-21(9-11-22)30-13-15-31(16-14-30)26(33)23-17-19-6-4-12-29-25(19)32(27(23)34)18-20-5-2-3-7-24(20)28/h2-12,17H,13-16,18H2,1H3. The van der Waals surface area contributed by atoms with Crippen molar-refractivity contribution >= 4 is 22.6 Å². The van der Waals surface area contributed by atoms with Gasteiger partial charge in [-0.3, -0.25) is 14.2 Å². The summed E-state index contributed by atoms with van der Waals surface area (Å²) in [5, 5.41) is 0.656. The highest BCUT2D eigenvalue weighted by molar-refractivity contribution is 5.97. The number of nitrogens with zero attached hydrogens (tertiary/aromatic N) is 4. The van der Waals surface area contributed by atoms with Crippen LogP contribution in [0.3, 0.4) is 0 Å². The highest BCUT2D eigenvalue weighted by atomic mass is 19.1. The van der Waals surface area contributed by atoms with Gasteiger partial charge in [-0.25, -0.2) is 9.37 Å². The molecule has 0 radical (unpaired) electrons. The molecule has 35 heavy (non-hydrogen) atoms. The van der Waals surface area contributed by atoms with E-state index in [1.165, 1.54) is 10.6 Å². The third-order valence-corrected chi connectivity index (χ3v) is 6.37. The maximum absolute atomic E-state index is 14.4. The van der Waals surface area contributed by atoms with Crippen molar-refractivity contribution in [2.45, 2.75) is 6.54 Å². The molecule has 0 saturated carbocycles. The maximum atomic E-state index is 14.4. The lowest BCUT2D eigenvalue weighted by atomic mass is 10.1. The van der Waals surface area contributed by atoms with Crippen LogP contribution in [-0.4, -0.2) is 53.6 Å². The fourth-order valence-corrected chi connectivity index (χ4v) is 4.43. The van der Waals surface area contributed by atoms with Crippen LogP contribution < -0.4 is 15.2 Å². The molecule has 1 saturated heterocycles. The number of fused-ring (bicyclic) bond motifs is 1. The molecule has 0 atom stereocenters. The SMILES string of the molecule is COc1ccc(N2CCN(C(=O)c3cc4cccnc4n(Cc4ccccc4F)c3=O)CC2)cc1. The molecule has 4 aromatic rings. The third kappa shape index (κ3) is 4.47. The van der Waals surface area contributed by atoms with E-state index >= 15 is 0 Å². The molecule has 8 heteroatoms. The molecule has 0 aliphatic carbocycles. The second-order valence-corrected chi connectivity index (χ2v) is 8.43. The van der Waals surface area contributed by atoms with Gasteiger partial charge >= 0.3 is 0 Å². The monoisotopic (exact) mass is 472 g/mol. The van der Waals surface area contributed by atoms with Gasteiger partial charge in [0.2, 0.25) is 0 Å². The molecular formula is C27H25FN4O3. The average molecular weight is 473 g/mol. The number of anilines is 1. The number of hydrogen-bond acceptors (Lipinski definition) is 5. The van der Waals surface area contributed by atoms with Crippen LogP contribution in [0.2, 0.25) is 0 Å². The van der Waals surface area contributed by atoms with E-state index in [2.05, 4.69) is 9.88 Å². The summed E-state index contributed by atoms with van der Waals surface area (Å²) < 4.78 is 21.0. The molecule has 0 spiro atoms. The Hall–Kier alpha value is -4.20. The molecule has 0 bridgehead atoms. The van der Waals surface area contributed by atoms with Crippen molar-refractivity contribution in [2.75, 3.05) is 38.2 Å². The summed E-state index contributed by atoms with van der Waals surface area (Å²) in [6, 6.07) is 19.3. The Morgan fingerprint density at radius 3 is 2.46 bits per heavy atom. The number of halogens is 1. The summed E-state index contributed by atoms with van der Waals surface area (Å²) in [6.45, 7) is 2.27. The van der Waals surface area contributed by atoms with E-state index in [1.54, 1.807) is 54.6 Å². The maximum Gasteiger partial charge on any atom is 0.265 e. The van der Waals surface area contributed by atoms with E-state index in [4.69, 9.17) is 4.74 Å². The minimum absolute atomic E-state index is 0.00854. The molecule has 1 aliphatic rings. The summed E-state index contributed by atoms with van der Waals surface area (Å²) in [4.78, 5) is 35.1. The molecule has 178 valence electrons. The fraction of sp³-hybridized carbons (Fsp3) is 0.222. The van der Waals surface area contributed by atoms with Crippen molar-refractivity contribution in [2.24, 2.45) is 0 Å². The fourth-order valence-electron chi connectivity index (χ4n) is 4.43. The van der Waals surface area contributed by atoms with Crippen molar-refractivity contribution in [1.29, 1.82) is 0 Å². The van der Waals surface area contributed by atoms with Crippen molar-refractivity contribution in [3.05, 3.63) is 100 Å². The molecule has 3 heterocycles. The van der Waals surface area contributed by atoms with E-state index in [-0.39, 0.29) is 18.0 Å². The lowest BCUT2D eigenvalue weighted by Gasteiger charge is -2.36. The predicted molar refractivity (Wildman–Crippen MR) is 133 cm³/mol. The molecule has 0 N–H and O–H groups in total. The number of rotatable bonds is 5. The van der Waals surface area contributed by atoms with Gasteiger partial charge in [0.25, 0.3) is 11.5 Å². The first kappa shape index (κ1) is 22.6. The van der Waals surface area contributed by atoms with Gasteiger partial charge in [-0.2, -0.15) is 0 Å². The Kier molecular flexibility index (Phi) is 6.18. The Bertz CT molecular complexity index is 1430. The molecule has 1 fully saturated rings. The third-order valence-electron chi connectivity index (χ3n) is 6.37. The van der Waals surface area contributed by atoms with Crippen molar-refractivity contribution in [3.63, 3.8) is 0 Å². The number of ether oxygens (including phenoxy) is 1. The van der Waals surface area contributed by atoms with Crippen LogP contribution in [0.25, 0.3) is 11.0 Å². The van der Waals surface area contributed by atoms with Gasteiger partial charge in [-0.05, 0) is 48.5 Å². The van der Waals surface area contributed by atoms with E-state index in [0.717, 1.165) is 11.4 Å². The van der Waals surface area contributed by atoms with Crippen molar-refractivity contribution in [1.82, 2.24) is 14.5 Å². The summed E-state index contributed by atoms with van der Waals surface area (Å²) in [5.74, 6) is 0.0623. The first-order chi connectivity index (χ1) is 17.0. The molecule has 2 aromatic heterocycles. The van der Waals surface area contributed by atoms with Crippen molar-refractivity contribution < 1.29 is 13.9 Å². The van der Waals surface area contributed by atoms with Gasteiger partial charge in [-0.15, -0.1) is 0 Å². The van der Waals surface area contributed by atoms with Crippen LogP contribution in [0.15, 0.2) is 77.7 Å². The number of amides is 1. The van der Waals surface area contributed by atoms with Gasteiger partial charge < -0.3 is 14.5 Å².